The lowest BCUT2D eigenvalue weighted by atomic mass is 10.0. The van der Waals surface area contributed by atoms with Gasteiger partial charge in [0.05, 0.1) is 22.5 Å². The molecule has 276 valence electrons. The van der Waals surface area contributed by atoms with Gasteiger partial charge in [0, 0.05) is 28.1 Å². The first-order valence-electron chi connectivity index (χ1n) is 16.2. The van der Waals surface area contributed by atoms with Crippen molar-refractivity contribution in [1.29, 1.82) is 0 Å². The van der Waals surface area contributed by atoms with Gasteiger partial charge in [-0.3, -0.25) is 14.4 Å². The van der Waals surface area contributed by atoms with E-state index in [1.807, 2.05) is 12.1 Å². The Kier molecular flexibility index (Phi) is 12.6. The van der Waals surface area contributed by atoms with Crippen LogP contribution in [0, 0.1) is 0 Å². The van der Waals surface area contributed by atoms with Crippen molar-refractivity contribution < 1.29 is 44.0 Å². The highest BCUT2D eigenvalue weighted by Crippen LogP contribution is 2.30. The number of carboxylic acid groups (broad SMARTS) is 2. The third kappa shape index (κ3) is 10.6. The molecule has 0 unspecified atom stereocenters. The summed E-state index contributed by atoms with van der Waals surface area (Å²) in [6.07, 6.45) is 0. The summed E-state index contributed by atoms with van der Waals surface area (Å²) < 4.78 is 4.93. The Morgan fingerprint density at radius 3 is 1.31 bits per heavy atom. The van der Waals surface area contributed by atoms with Crippen molar-refractivity contribution >= 4 is 64.3 Å². The number of anilines is 2. The van der Waals surface area contributed by atoms with Crippen molar-refractivity contribution in [3.8, 4) is 33.8 Å². The van der Waals surface area contributed by atoms with Crippen LogP contribution in [0.3, 0.4) is 0 Å². The molecule has 0 saturated carbocycles. The van der Waals surface area contributed by atoms with E-state index in [1.165, 1.54) is 67.6 Å². The van der Waals surface area contributed by atoms with Gasteiger partial charge in [0.15, 0.2) is 0 Å². The van der Waals surface area contributed by atoms with Crippen LogP contribution in [0.4, 0.5) is 11.4 Å². The highest BCUT2D eigenvalue weighted by atomic mass is 35.5. The minimum absolute atomic E-state index is 0.0251. The van der Waals surface area contributed by atoms with Gasteiger partial charge in [0.25, 0.3) is 11.8 Å². The zero-order valence-electron chi connectivity index (χ0n) is 28.7. The molecular weight excluding hydrogens is 747 g/mol. The van der Waals surface area contributed by atoms with Crippen molar-refractivity contribution in [2.45, 2.75) is 6.92 Å². The first kappa shape index (κ1) is 39.3. The lowest BCUT2D eigenvalue weighted by molar-refractivity contribution is -0.131. The summed E-state index contributed by atoms with van der Waals surface area (Å²) in [4.78, 5) is 59.0. The molecule has 5 N–H and O–H groups in total. The molecule has 0 aromatic heterocycles. The molecule has 0 saturated heterocycles. The summed E-state index contributed by atoms with van der Waals surface area (Å²) >= 11 is 12.0. The molecule has 0 bridgehead atoms. The standard InChI is InChI=1S/C22H16ClNO5.C20H14ClNO4/c1-13(25)29-18-8-5-14(6-9-18)21(26)24-20-12-16(7-10-19(20)22(27)28)15-3-2-4-17(23)11-15;21-15-3-1-2-13(10-15)14-6-9-17(20(25)26)18(11-14)22-19(24)12-4-7-16(23)8-5-12/h2-12H,1H3,(H,24,26)(H,27,28);1-11,23H,(H,22,24)(H,25,26). The molecule has 6 aromatic rings. The van der Waals surface area contributed by atoms with Crippen LogP contribution >= 0.6 is 23.2 Å². The van der Waals surface area contributed by atoms with Gasteiger partial charge < -0.3 is 30.7 Å². The zero-order valence-corrected chi connectivity index (χ0v) is 30.3. The molecule has 0 atom stereocenters. The van der Waals surface area contributed by atoms with Gasteiger partial charge in [0.1, 0.15) is 11.5 Å². The maximum Gasteiger partial charge on any atom is 0.337 e. The third-order valence-corrected chi connectivity index (χ3v) is 8.29. The lowest BCUT2D eigenvalue weighted by Gasteiger charge is -2.12. The zero-order chi connectivity index (χ0) is 39.6. The SMILES string of the molecule is CC(=O)Oc1ccc(C(=O)Nc2cc(-c3cccc(Cl)c3)ccc2C(=O)O)cc1.O=C(Nc1cc(-c2cccc(Cl)c2)ccc1C(=O)O)c1ccc(O)cc1. The number of halogens is 2. The average Bonchev–Trinajstić information content (AvgIpc) is 3.15. The minimum Gasteiger partial charge on any atom is -0.508 e. The number of nitrogens with one attached hydrogen (secondary N) is 2. The van der Waals surface area contributed by atoms with Crippen LogP contribution in [-0.2, 0) is 4.79 Å². The molecule has 11 nitrogen and oxygen atoms in total. The molecule has 0 fully saturated rings. The minimum atomic E-state index is -1.16. The molecule has 6 aromatic carbocycles. The first-order valence-corrected chi connectivity index (χ1v) is 17.0. The molecule has 0 aliphatic carbocycles. The second-order valence-corrected chi connectivity index (χ2v) is 12.6. The van der Waals surface area contributed by atoms with Crippen molar-refractivity contribution in [2.75, 3.05) is 10.6 Å². The van der Waals surface area contributed by atoms with Gasteiger partial charge in [-0.05, 0) is 119 Å². The normalized spacial score (nSPS) is 10.3. The molecule has 2 amide bonds. The number of phenols is 1. The van der Waals surface area contributed by atoms with E-state index in [-0.39, 0.29) is 33.8 Å². The van der Waals surface area contributed by atoms with Gasteiger partial charge in [0.2, 0.25) is 0 Å². The van der Waals surface area contributed by atoms with Crippen LogP contribution in [0.15, 0.2) is 133 Å². The number of carbonyl (C=O) groups excluding carboxylic acids is 3. The van der Waals surface area contributed by atoms with Crippen LogP contribution in [0.2, 0.25) is 10.0 Å². The van der Waals surface area contributed by atoms with Crippen molar-refractivity contribution in [2.24, 2.45) is 0 Å². The van der Waals surface area contributed by atoms with Crippen molar-refractivity contribution in [3.63, 3.8) is 0 Å². The summed E-state index contributed by atoms with van der Waals surface area (Å²) in [5.74, 6) is -3.40. The number of hydrogen-bond donors (Lipinski definition) is 5. The number of aromatic hydroxyl groups is 1. The van der Waals surface area contributed by atoms with E-state index in [4.69, 9.17) is 27.9 Å². The van der Waals surface area contributed by atoms with Gasteiger partial charge in [-0.2, -0.15) is 0 Å². The third-order valence-electron chi connectivity index (χ3n) is 7.82. The second kappa shape index (κ2) is 17.7. The van der Waals surface area contributed by atoms with Crippen molar-refractivity contribution in [1.82, 2.24) is 0 Å². The highest BCUT2D eigenvalue weighted by molar-refractivity contribution is 6.31. The molecule has 13 heteroatoms. The van der Waals surface area contributed by atoms with Crippen LogP contribution in [-0.4, -0.2) is 45.0 Å². The van der Waals surface area contributed by atoms with Crippen LogP contribution < -0.4 is 15.4 Å². The molecule has 55 heavy (non-hydrogen) atoms. The van der Waals surface area contributed by atoms with E-state index in [0.717, 1.165) is 16.7 Å². The highest BCUT2D eigenvalue weighted by Gasteiger charge is 2.17. The number of rotatable bonds is 9. The number of esters is 1. The van der Waals surface area contributed by atoms with E-state index in [9.17, 15) is 39.3 Å². The lowest BCUT2D eigenvalue weighted by Crippen LogP contribution is -2.15. The fourth-order valence-electron chi connectivity index (χ4n) is 5.21. The summed E-state index contributed by atoms with van der Waals surface area (Å²) in [5.41, 5.74) is 3.86. The number of hydrogen-bond acceptors (Lipinski definition) is 7. The Hall–Kier alpha value is -6.95. The second-order valence-electron chi connectivity index (χ2n) is 11.7. The van der Waals surface area contributed by atoms with E-state index in [2.05, 4.69) is 10.6 Å². The Labute approximate surface area is 324 Å². The summed E-state index contributed by atoms with van der Waals surface area (Å²) in [5, 5.41) is 34.5. The monoisotopic (exact) mass is 776 g/mol. The summed E-state index contributed by atoms with van der Waals surface area (Å²) in [6, 6.07) is 35.2. The molecular formula is C42H30Cl2N2O9. The van der Waals surface area contributed by atoms with E-state index in [0.29, 0.717) is 26.9 Å². The number of amides is 2. The smallest absolute Gasteiger partial charge is 0.337 e. The van der Waals surface area contributed by atoms with Crippen LogP contribution in [0.5, 0.6) is 11.5 Å². The maximum absolute atomic E-state index is 12.6. The molecule has 0 heterocycles. The quantitative estimate of drug-likeness (QED) is 0.0706. The Bertz CT molecular complexity index is 2410. The molecule has 0 spiro atoms. The predicted molar refractivity (Wildman–Crippen MR) is 209 cm³/mol. The number of aromatic carboxylic acids is 2. The number of benzene rings is 6. The Morgan fingerprint density at radius 2 is 0.927 bits per heavy atom. The molecule has 0 aliphatic rings. The van der Waals surface area contributed by atoms with Crippen molar-refractivity contribution in [3.05, 3.63) is 166 Å². The number of carboxylic acids is 2. The van der Waals surface area contributed by atoms with E-state index < -0.39 is 29.7 Å². The first-order chi connectivity index (χ1) is 26.3. The van der Waals surface area contributed by atoms with Gasteiger partial charge in [-0.15, -0.1) is 0 Å². The van der Waals surface area contributed by atoms with E-state index in [1.54, 1.807) is 60.7 Å². The Balaban J connectivity index is 0.000000212. The molecule has 0 aliphatic heterocycles. The number of ether oxygens (including phenoxy) is 1. The largest absolute Gasteiger partial charge is 0.508 e. The number of carbonyl (C=O) groups is 5. The summed E-state index contributed by atoms with van der Waals surface area (Å²) in [6.45, 7) is 1.28. The summed E-state index contributed by atoms with van der Waals surface area (Å²) in [7, 11) is 0. The Morgan fingerprint density at radius 1 is 0.527 bits per heavy atom. The average molecular weight is 778 g/mol. The van der Waals surface area contributed by atoms with Gasteiger partial charge in [-0.25, -0.2) is 9.59 Å². The fraction of sp³-hybridized carbons (Fsp3) is 0.0238. The topological polar surface area (TPSA) is 179 Å². The van der Waals surface area contributed by atoms with Crippen LogP contribution in [0.25, 0.3) is 22.3 Å². The fourth-order valence-corrected chi connectivity index (χ4v) is 5.59. The molecule has 6 rings (SSSR count). The van der Waals surface area contributed by atoms with Gasteiger partial charge >= 0.3 is 17.9 Å². The molecule has 0 radical (unpaired) electrons. The maximum atomic E-state index is 12.6. The van der Waals surface area contributed by atoms with Gasteiger partial charge in [-0.1, -0.05) is 59.6 Å². The van der Waals surface area contributed by atoms with E-state index >= 15 is 0 Å². The van der Waals surface area contributed by atoms with Crippen LogP contribution in [0.1, 0.15) is 48.4 Å². The number of phenolic OH excluding ortho intramolecular Hbond substituents is 1. The predicted octanol–water partition coefficient (Wildman–Crippen LogP) is 9.55.